The summed E-state index contributed by atoms with van der Waals surface area (Å²) >= 11 is 0. The molecule has 0 radical (unpaired) electrons. The maximum atomic E-state index is 9.77. The van der Waals surface area contributed by atoms with Gasteiger partial charge in [0.2, 0.25) is 0 Å². The third-order valence-corrected chi connectivity index (χ3v) is 2.13. The molecule has 0 aromatic heterocycles. The largest absolute Gasteiger partial charge is 0.377 e. The highest BCUT2D eigenvalue weighted by Crippen LogP contribution is 2.06. The quantitative estimate of drug-likeness (QED) is 0.642. The Labute approximate surface area is 102 Å². The fourth-order valence-corrected chi connectivity index (χ4v) is 1.28. The molecule has 17 heavy (non-hydrogen) atoms. The van der Waals surface area contributed by atoms with Crippen molar-refractivity contribution in [1.29, 1.82) is 0 Å². The SMILES string of the molecule is CC1(O)COCCOCCOCCOCCO1. The van der Waals surface area contributed by atoms with Crippen molar-refractivity contribution in [3.63, 3.8) is 0 Å². The summed E-state index contributed by atoms with van der Waals surface area (Å²) in [5.41, 5.74) is 0. The van der Waals surface area contributed by atoms with Crippen molar-refractivity contribution in [1.82, 2.24) is 0 Å². The highest BCUT2D eigenvalue weighted by atomic mass is 16.7. The smallest absolute Gasteiger partial charge is 0.186 e. The van der Waals surface area contributed by atoms with E-state index in [2.05, 4.69) is 0 Å². The first kappa shape index (κ1) is 14.8. The van der Waals surface area contributed by atoms with E-state index in [1.807, 2.05) is 0 Å². The topological polar surface area (TPSA) is 66.4 Å². The van der Waals surface area contributed by atoms with Crippen LogP contribution in [0.2, 0.25) is 0 Å². The zero-order chi connectivity index (χ0) is 12.4. The molecule has 0 aromatic carbocycles. The Balaban J connectivity index is 2.22. The first-order valence-electron chi connectivity index (χ1n) is 5.88. The number of hydrogen-bond acceptors (Lipinski definition) is 6. The van der Waals surface area contributed by atoms with Gasteiger partial charge in [-0.05, 0) is 6.92 Å². The molecular weight excluding hydrogens is 228 g/mol. The average molecular weight is 250 g/mol. The molecule has 1 rings (SSSR count). The number of rotatable bonds is 0. The first-order valence-corrected chi connectivity index (χ1v) is 5.88. The lowest BCUT2D eigenvalue weighted by atomic mass is 10.3. The Morgan fingerprint density at radius 1 is 0.706 bits per heavy atom. The summed E-state index contributed by atoms with van der Waals surface area (Å²) in [6, 6.07) is 0. The van der Waals surface area contributed by atoms with Crippen LogP contribution in [0.5, 0.6) is 0 Å². The van der Waals surface area contributed by atoms with Gasteiger partial charge in [0, 0.05) is 0 Å². The molecule has 1 heterocycles. The van der Waals surface area contributed by atoms with Gasteiger partial charge in [-0.25, -0.2) is 0 Å². The van der Waals surface area contributed by atoms with Crippen molar-refractivity contribution >= 4 is 0 Å². The fraction of sp³-hybridized carbons (Fsp3) is 1.00. The van der Waals surface area contributed by atoms with Crippen LogP contribution in [0.4, 0.5) is 0 Å². The Kier molecular flexibility index (Phi) is 7.67. The Hall–Kier alpha value is -0.240. The van der Waals surface area contributed by atoms with Crippen molar-refractivity contribution < 1.29 is 28.8 Å². The summed E-state index contributed by atoms with van der Waals surface area (Å²) in [5.74, 6) is -1.28. The minimum absolute atomic E-state index is 0.118. The Morgan fingerprint density at radius 2 is 1.12 bits per heavy atom. The molecule has 102 valence electrons. The molecule has 6 nitrogen and oxygen atoms in total. The van der Waals surface area contributed by atoms with Crippen LogP contribution in [0.25, 0.3) is 0 Å². The second-order valence-corrected chi connectivity index (χ2v) is 3.91. The van der Waals surface area contributed by atoms with E-state index >= 15 is 0 Å². The van der Waals surface area contributed by atoms with Crippen molar-refractivity contribution in [3.8, 4) is 0 Å². The summed E-state index contributed by atoms with van der Waals surface area (Å²) in [4.78, 5) is 0. The van der Waals surface area contributed by atoms with Crippen molar-refractivity contribution in [2.24, 2.45) is 0 Å². The van der Waals surface area contributed by atoms with Crippen LogP contribution in [0.1, 0.15) is 6.92 Å². The van der Waals surface area contributed by atoms with E-state index in [9.17, 15) is 5.11 Å². The molecule has 1 saturated heterocycles. The van der Waals surface area contributed by atoms with E-state index in [1.165, 1.54) is 0 Å². The van der Waals surface area contributed by atoms with Crippen LogP contribution < -0.4 is 0 Å². The summed E-state index contributed by atoms with van der Waals surface area (Å²) in [6.07, 6.45) is 0. The molecule has 0 spiro atoms. The number of aliphatic hydroxyl groups is 1. The van der Waals surface area contributed by atoms with E-state index in [4.69, 9.17) is 23.7 Å². The predicted octanol–water partition coefficient (Wildman–Crippen LogP) is -0.208. The summed E-state index contributed by atoms with van der Waals surface area (Å²) < 4.78 is 26.3. The summed E-state index contributed by atoms with van der Waals surface area (Å²) in [5, 5.41) is 9.77. The summed E-state index contributed by atoms with van der Waals surface area (Å²) in [7, 11) is 0. The minimum atomic E-state index is -1.28. The fourth-order valence-electron chi connectivity index (χ4n) is 1.28. The monoisotopic (exact) mass is 250 g/mol. The van der Waals surface area contributed by atoms with Gasteiger partial charge >= 0.3 is 0 Å². The molecule has 1 unspecified atom stereocenters. The molecular formula is C11H22O6. The van der Waals surface area contributed by atoms with Gasteiger partial charge in [0.1, 0.15) is 6.61 Å². The van der Waals surface area contributed by atoms with Gasteiger partial charge in [0.25, 0.3) is 0 Å². The van der Waals surface area contributed by atoms with Gasteiger partial charge in [0.15, 0.2) is 5.79 Å². The van der Waals surface area contributed by atoms with Crippen molar-refractivity contribution in [3.05, 3.63) is 0 Å². The molecule has 1 aliphatic rings. The van der Waals surface area contributed by atoms with Crippen LogP contribution in [0.15, 0.2) is 0 Å². The van der Waals surface area contributed by atoms with Gasteiger partial charge < -0.3 is 28.8 Å². The van der Waals surface area contributed by atoms with Gasteiger partial charge in [-0.15, -0.1) is 0 Å². The third kappa shape index (κ3) is 8.48. The highest BCUT2D eigenvalue weighted by molar-refractivity contribution is 4.58. The van der Waals surface area contributed by atoms with Gasteiger partial charge in [-0.3, -0.25) is 0 Å². The maximum absolute atomic E-state index is 9.77. The van der Waals surface area contributed by atoms with E-state index in [0.29, 0.717) is 52.9 Å². The molecule has 1 N–H and O–H groups in total. The van der Waals surface area contributed by atoms with E-state index in [-0.39, 0.29) is 6.61 Å². The van der Waals surface area contributed by atoms with Crippen molar-refractivity contribution in [2.45, 2.75) is 12.7 Å². The Bertz CT molecular complexity index is 167. The van der Waals surface area contributed by atoms with Crippen molar-refractivity contribution in [2.75, 3.05) is 59.5 Å². The molecule has 0 aromatic rings. The zero-order valence-corrected chi connectivity index (χ0v) is 10.4. The molecule has 1 atom stereocenters. The van der Waals surface area contributed by atoms with Gasteiger partial charge in [-0.2, -0.15) is 0 Å². The van der Waals surface area contributed by atoms with Crippen LogP contribution in [0.3, 0.4) is 0 Å². The van der Waals surface area contributed by atoms with Gasteiger partial charge in [0.05, 0.1) is 52.9 Å². The molecule has 6 heteroatoms. The molecule has 0 bridgehead atoms. The van der Waals surface area contributed by atoms with Crippen LogP contribution in [-0.2, 0) is 23.7 Å². The third-order valence-electron chi connectivity index (χ3n) is 2.13. The molecule has 0 aliphatic carbocycles. The second kappa shape index (κ2) is 8.79. The summed E-state index contributed by atoms with van der Waals surface area (Å²) in [6.45, 7) is 5.49. The van der Waals surface area contributed by atoms with Crippen LogP contribution in [0, 0.1) is 0 Å². The van der Waals surface area contributed by atoms with Gasteiger partial charge in [-0.1, -0.05) is 0 Å². The molecule has 1 aliphatic heterocycles. The minimum Gasteiger partial charge on any atom is -0.377 e. The van der Waals surface area contributed by atoms with E-state index < -0.39 is 5.79 Å². The zero-order valence-electron chi connectivity index (χ0n) is 10.4. The first-order chi connectivity index (χ1) is 8.21. The maximum Gasteiger partial charge on any atom is 0.186 e. The van der Waals surface area contributed by atoms with E-state index in [0.717, 1.165) is 0 Å². The van der Waals surface area contributed by atoms with Crippen LogP contribution >= 0.6 is 0 Å². The molecule has 0 saturated carbocycles. The number of ether oxygens (including phenoxy) is 5. The molecule has 0 amide bonds. The lowest BCUT2D eigenvalue weighted by Crippen LogP contribution is -2.35. The lowest BCUT2D eigenvalue weighted by molar-refractivity contribution is -0.225. The normalized spacial score (nSPS) is 31.4. The van der Waals surface area contributed by atoms with Crippen LogP contribution in [-0.4, -0.2) is 70.4 Å². The van der Waals surface area contributed by atoms with E-state index in [1.54, 1.807) is 6.92 Å². The second-order valence-electron chi connectivity index (χ2n) is 3.91. The predicted molar refractivity (Wildman–Crippen MR) is 59.9 cm³/mol. The highest BCUT2D eigenvalue weighted by Gasteiger charge is 2.20. The number of hydrogen-bond donors (Lipinski definition) is 1. The molecule has 1 fully saturated rings. The average Bonchev–Trinajstić information content (AvgIpc) is 2.29. The lowest BCUT2D eigenvalue weighted by Gasteiger charge is -2.23. The Morgan fingerprint density at radius 3 is 1.65 bits per heavy atom. The standard InChI is InChI=1S/C11H22O6/c1-11(12)10-16-7-6-14-3-2-13-4-5-15-8-9-17-11/h12H,2-10H2,1H3.